The quantitative estimate of drug-likeness (QED) is 0.936. The largest absolute Gasteiger partial charge is 0.333 e. The first kappa shape index (κ1) is 16.0. The minimum Gasteiger partial charge on any atom is -0.333 e. The van der Waals surface area contributed by atoms with Crippen LogP contribution in [0.3, 0.4) is 0 Å². The van der Waals surface area contributed by atoms with Gasteiger partial charge in [-0.05, 0) is 35.4 Å². The number of benzene rings is 2. The first-order valence-electron chi connectivity index (χ1n) is 7.63. The van der Waals surface area contributed by atoms with Crippen molar-refractivity contribution >= 4 is 17.5 Å². The molecule has 3 nitrogen and oxygen atoms in total. The molecule has 1 fully saturated rings. The molecule has 0 spiro atoms. The maximum Gasteiger partial charge on any atom is 0.227 e. The Kier molecular flexibility index (Phi) is 4.94. The summed E-state index contributed by atoms with van der Waals surface area (Å²) in [6, 6.07) is 13.6. The Hall–Kier alpha value is -1.91. The first-order chi connectivity index (χ1) is 11.1. The summed E-state index contributed by atoms with van der Waals surface area (Å²) in [6.07, 6.45) is 0.322. The van der Waals surface area contributed by atoms with Crippen LogP contribution in [0.4, 0.5) is 4.39 Å². The van der Waals surface area contributed by atoms with Crippen LogP contribution in [0.2, 0.25) is 5.02 Å². The lowest BCUT2D eigenvalue weighted by Crippen LogP contribution is -2.49. The number of nitrogens with zero attached hydrogens (tertiary/aromatic N) is 1. The molecular formula is C18H18ClFN2O. The predicted octanol–water partition coefficient (Wildman–Crippen LogP) is 3.19. The van der Waals surface area contributed by atoms with E-state index in [1.54, 1.807) is 18.2 Å². The van der Waals surface area contributed by atoms with Crippen LogP contribution in [0.15, 0.2) is 48.5 Å². The van der Waals surface area contributed by atoms with E-state index in [-0.39, 0.29) is 17.8 Å². The highest BCUT2D eigenvalue weighted by atomic mass is 35.5. The van der Waals surface area contributed by atoms with Crippen molar-refractivity contribution in [3.8, 4) is 0 Å². The van der Waals surface area contributed by atoms with E-state index in [1.807, 2.05) is 23.1 Å². The van der Waals surface area contributed by atoms with Crippen LogP contribution >= 0.6 is 11.6 Å². The molecule has 0 aromatic heterocycles. The molecule has 23 heavy (non-hydrogen) atoms. The van der Waals surface area contributed by atoms with Gasteiger partial charge in [-0.15, -0.1) is 0 Å². The van der Waals surface area contributed by atoms with E-state index < -0.39 is 0 Å². The molecule has 1 aliphatic rings. The number of nitrogens with one attached hydrogen (secondary N) is 1. The van der Waals surface area contributed by atoms with Crippen molar-refractivity contribution in [1.82, 2.24) is 10.2 Å². The van der Waals surface area contributed by atoms with Crippen molar-refractivity contribution in [2.45, 2.75) is 12.5 Å². The molecule has 0 radical (unpaired) electrons. The van der Waals surface area contributed by atoms with Crippen molar-refractivity contribution in [3.63, 3.8) is 0 Å². The zero-order chi connectivity index (χ0) is 16.2. The summed E-state index contributed by atoms with van der Waals surface area (Å²) in [6.45, 7) is 2.00. The number of piperazine rings is 1. The molecule has 1 saturated heterocycles. The second-order valence-corrected chi connectivity index (χ2v) is 6.10. The van der Waals surface area contributed by atoms with Crippen LogP contribution in [0.25, 0.3) is 0 Å². The van der Waals surface area contributed by atoms with Gasteiger partial charge in [-0.25, -0.2) is 4.39 Å². The summed E-state index contributed by atoms with van der Waals surface area (Å²) < 4.78 is 13.5. The summed E-state index contributed by atoms with van der Waals surface area (Å²) >= 11 is 5.88. The minimum atomic E-state index is -0.279. The molecule has 120 valence electrons. The Balaban J connectivity index is 1.77. The van der Waals surface area contributed by atoms with E-state index in [2.05, 4.69) is 5.32 Å². The summed E-state index contributed by atoms with van der Waals surface area (Å²) in [4.78, 5) is 14.5. The molecule has 5 heteroatoms. The molecule has 1 heterocycles. The first-order valence-corrected chi connectivity index (χ1v) is 8.01. The average Bonchev–Trinajstić information content (AvgIpc) is 2.57. The molecule has 3 rings (SSSR count). The van der Waals surface area contributed by atoms with Gasteiger partial charge in [-0.3, -0.25) is 4.79 Å². The zero-order valence-electron chi connectivity index (χ0n) is 12.6. The minimum absolute atomic E-state index is 0.0445. The lowest BCUT2D eigenvalue weighted by molar-refractivity contribution is -0.133. The molecule has 2 aromatic rings. The third-order valence-corrected chi connectivity index (χ3v) is 4.32. The van der Waals surface area contributed by atoms with E-state index in [0.29, 0.717) is 24.5 Å². The van der Waals surface area contributed by atoms with Gasteiger partial charge in [-0.2, -0.15) is 0 Å². The Labute approximate surface area is 140 Å². The Bertz CT molecular complexity index is 690. The lowest BCUT2D eigenvalue weighted by Gasteiger charge is -2.36. The molecule has 0 bridgehead atoms. The van der Waals surface area contributed by atoms with Gasteiger partial charge in [0.25, 0.3) is 0 Å². The number of hydrogen-bond acceptors (Lipinski definition) is 2. The van der Waals surface area contributed by atoms with Gasteiger partial charge < -0.3 is 10.2 Å². The van der Waals surface area contributed by atoms with Gasteiger partial charge in [0.1, 0.15) is 5.82 Å². The number of carbonyl (C=O) groups is 1. The number of amides is 1. The van der Waals surface area contributed by atoms with Crippen molar-refractivity contribution in [2.75, 3.05) is 19.6 Å². The van der Waals surface area contributed by atoms with Crippen molar-refractivity contribution in [2.24, 2.45) is 0 Å². The fraction of sp³-hybridized carbons (Fsp3) is 0.278. The van der Waals surface area contributed by atoms with Crippen LogP contribution in [-0.2, 0) is 11.2 Å². The van der Waals surface area contributed by atoms with E-state index >= 15 is 0 Å². The van der Waals surface area contributed by atoms with Crippen LogP contribution in [-0.4, -0.2) is 30.4 Å². The number of halogens is 2. The van der Waals surface area contributed by atoms with Crippen LogP contribution in [0.1, 0.15) is 17.2 Å². The number of carbonyl (C=O) groups excluding carboxylic acids is 1. The number of hydrogen-bond donors (Lipinski definition) is 1. The molecule has 1 unspecified atom stereocenters. The Morgan fingerprint density at radius 2 is 2.04 bits per heavy atom. The molecule has 2 aromatic carbocycles. The molecule has 1 aliphatic heterocycles. The Morgan fingerprint density at radius 1 is 1.26 bits per heavy atom. The molecule has 1 N–H and O–H groups in total. The van der Waals surface area contributed by atoms with E-state index in [9.17, 15) is 9.18 Å². The van der Waals surface area contributed by atoms with Gasteiger partial charge in [-0.1, -0.05) is 35.9 Å². The summed E-state index contributed by atoms with van der Waals surface area (Å²) in [5.74, 6) is -0.235. The molecule has 0 saturated carbocycles. The molecule has 0 aliphatic carbocycles. The van der Waals surface area contributed by atoms with Gasteiger partial charge >= 0.3 is 0 Å². The highest BCUT2D eigenvalue weighted by Crippen LogP contribution is 2.24. The highest BCUT2D eigenvalue weighted by Gasteiger charge is 2.27. The molecular weight excluding hydrogens is 315 g/mol. The summed E-state index contributed by atoms with van der Waals surface area (Å²) in [5.41, 5.74) is 1.75. The van der Waals surface area contributed by atoms with Gasteiger partial charge in [0.05, 0.1) is 12.5 Å². The fourth-order valence-electron chi connectivity index (χ4n) is 2.89. The standard InChI is InChI=1S/C18H18ClFN2O/c19-15-6-4-13(5-7-15)10-18(23)22-9-8-21-12-17(22)14-2-1-3-16(20)11-14/h1-7,11,17,21H,8-10,12H2. The smallest absolute Gasteiger partial charge is 0.227 e. The van der Waals surface area contributed by atoms with Gasteiger partial charge in [0.2, 0.25) is 5.91 Å². The Morgan fingerprint density at radius 3 is 2.78 bits per heavy atom. The monoisotopic (exact) mass is 332 g/mol. The maximum absolute atomic E-state index is 13.5. The zero-order valence-corrected chi connectivity index (χ0v) is 13.4. The van der Waals surface area contributed by atoms with Crippen LogP contribution in [0, 0.1) is 5.82 Å². The average molecular weight is 333 g/mol. The predicted molar refractivity (Wildman–Crippen MR) is 88.9 cm³/mol. The highest BCUT2D eigenvalue weighted by molar-refractivity contribution is 6.30. The van der Waals surface area contributed by atoms with Crippen molar-refractivity contribution in [3.05, 3.63) is 70.5 Å². The van der Waals surface area contributed by atoms with Gasteiger partial charge in [0.15, 0.2) is 0 Å². The van der Waals surface area contributed by atoms with Crippen LogP contribution in [0.5, 0.6) is 0 Å². The third kappa shape index (κ3) is 3.89. The van der Waals surface area contributed by atoms with Crippen molar-refractivity contribution in [1.29, 1.82) is 0 Å². The van der Waals surface area contributed by atoms with E-state index in [4.69, 9.17) is 11.6 Å². The normalized spacial score (nSPS) is 18.0. The van der Waals surface area contributed by atoms with Gasteiger partial charge in [0, 0.05) is 24.7 Å². The second-order valence-electron chi connectivity index (χ2n) is 5.67. The summed E-state index contributed by atoms with van der Waals surface area (Å²) in [5, 5.41) is 3.93. The SMILES string of the molecule is O=C(Cc1ccc(Cl)cc1)N1CCNCC1c1cccc(F)c1. The fourth-order valence-corrected chi connectivity index (χ4v) is 3.02. The topological polar surface area (TPSA) is 32.3 Å². The summed E-state index contributed by atoms with van der Waals surface area (Å²) in [7, 11) is 0. The maximum atomic E-state index is 13.5. The molecule has 1 amide bonds. The lowest BCUT2D eigenvalue weighted by atomic mass is 10.0. The van der Waals surface area contributed by atoms with E-state index in [0.717, 1.165) is 17.7 Å². The second kappa shape index (κ2) is 7.11. The van der Waals surface area contributed by atoms with Crippen molar-refractivity contribution < 1.29 is 9.18 Å². The van der Waals surface area contributed by atoms with E-state index in [1.165, 1.54) is 12.1 Å². The molecule has 1 atom stereocenters. The van der Waals surface area contributed by atoms with Crippen LogP contribution < -0.4 is 5.32 Å². The number of rotatable bonds is 3. The third-order valence-electron chi connectivity index (χ3n) is 4.07.